The topological polar surface area (TPSA) is 0 Å². The summed E-state index contributed by atoms with van der Waals surface area (Å²) in [5.74, 6) is 0. The zero-order chi connectivity index (χ0) is 9.10. The van der Waals surface area contributed by atoms with E-state index in [1.54, 1.807) is 11.3 Å². The van der Waals surface area contributed by atoms with Crippen molar-refractivity contribution in [3.8, 4) is 10.4 Å². The summed E-state index contributed by atoms with van der Waals surface area (Å²) in [6, 6.07) is 12.5. The van der Waals surface area contributed by atoms with Crippen molar-refractivity contribution in [2.24, 2.45) is 0 Å². The Kier molecular flexibility index (Phi) is 2.28. The van der Waals surface area contributed by atoms with Crippen LogP contribution in [0.15, 0.2) is 48.4 Å². The third kappa shape index (κ3) is 1.56. The number of thiophene rings is 1. The molecule has 2 aromatic rings. The van der Waals surface area contributed by atoms with Crippen LogP contribution < -0.4 is 0 Å². The third-order valence-corrected chi connectivity index (χ3v) is 2.87. The summed E-state index contributed by atoms with van der Waals surface area (Å²) >= 11 is 1.76. The molecule has 0 radical (unpaired) electrons. The highest BCUT2D eigenvalue weighted by molar-refractivity contribution is 7.13. The van der Waals surface area contributed by atoms with Crippen molar-refractivity contribution < 1.29 is 0 Å². The fourth-order valence-electron chi connectivity index (χ4n) is 1.33. The molecule has 0 bridgehead atoms. The Morgan fingerprint density at radius 1 is 1.08 bits per heavy atom. The van der Waals surface area contributed by atoms with Gasteiger partial charge in [-0.1, -0.05) is 43.0 Å². The highest BCUT2D eigenvalue weighted by Crippen LogP contribution is 2.28. The normalized spacial score (nSPS) is 9.85. The molecular weight excluding hydrogens is 176 g/mol. The number of rotatable bonds is 2. The van der Waals surface area contributed by atoms with Crippen molar-refractivity contribution in [3.05, 3.63) is 53.9 Å². The minimum absolute atomic E-state index is 1.20. The molecule has 0 N–H and O–H groups in total. The number of hydrogen-bond acceptors (Lipinski definition) is 1. The second-order valence-electron chi connectivity index (χ2n) is 2.77. The van der Waals surface area contributed by atoms with Crippen molar-refractivity contribution in [1.82, 2.24) is 0 Å². The van der Waals surface area contributed by atoms with Gasteiger partial charge in [0.05, 0.1) is 0 Å². The van der Waals surface area contributed by atoms with Crippen LogP contribution in [0.25, 0.3) is 16.5 Å². The van der Waals surface area contributed by atoms with Gasteiger partial charge in [-0.3, -0.25) is 0 Å². The predicted octanol–water partition coefficient (Wildman–Crippen LogP) is 4.06. The maximum absolute atomic E-state index is 3.81. The molecule has 0 aliphatic heterocycles. The fraction of sp³-hybridized carbons (Fsp3) is 0. The molecule has 0 unspecified atom stereocenters. The molecule has 0 saturated carbocycles. The summed E-state index contributed by atoms with van der Waals surface area (Å²) in [4.78, 5) is 1.30. The van der Waals surface area contributed by atoms with Crippen molar-refractivity contribution >= 4 is 17.4 Å². The van der Waals surface area contributed by atoms with Gasteiger partial charge < -0.3 is 0 Å². The molecule has 64 valence electrons. The SMILES string of the molecule is C=Cc1ccccc1-c1cccs1. The van der Waals surface area contributed by atoms with E-state index in [0.29, 0.717) is 0 Å². The van der Waals surface area contributed by atoms with Crippen LogP contribution in [-0.2, 0) is 0 Å². The van der Waals surface area contributed by atoms with E-state index < -0.39 is 0 Å². The highest BCUT2D eigenvalue weighted by atomic mass is 32.1. The van der Waals surface area contributed by atoms with E-state index in [1.807, 2.05) is 12.1 Å². The van der Waals surface area contributed by atoms with Crippen molar-refractivity contribution in [3.63, 3.8) is 0 Å². The Morgan fingerprint density at radius 2 is 1.92 bits per heavy atom. The molecule has 0 fully saturated rings. The van der Waals surface area contributed by atoms with Gasteiger partial charge in [0, 0.05) is 4.88 Å². The lowest BCUT2D eigenvalue weighted by molar-refractivity contribution is 1.65. The molecule has 0 nitrogen and oxygen atoms in total. The monoisotopic (exact) mass is 186 g/mol. The first kappa shape index (κ1) is 8.27. The zero-order valence-electron chi connectivity index (χ0n) is 7.23. The van der Waals surface area contributed by atoms with Crippen LogP contribution in [0.5, 0.6) is 0 Å². The molecule has 0 atom stereocenters. The van der Waals surface area contributed by atoms with Gasteiger partial charge in [-0.2, -0.15) is 0 Å². The molecule has 0 saturated heterocycles. The summed E-state index contributed by atoms with van der Waals surface area (Å²) < 4.78 is 0. The van der Waals surface area contributed by atoms with Crippen LogP contribution in [-0.4, -0.2) is 0 Å². The minimum atomic E-state index is 1.20. The van der Waals surface area contributed by atoms with Crippen LogP contribution in [0.4, 0.5) is 0 Å². The Hall–Kier alpha value is -1.34. The summed E-state index contributed by atoms with van der Waals surface area (Å²) in [6.07, 6.45) is 1.90. The predicted molar refractivity (Wildman–Crippen MR) is 59.8 cm³/mol. The molecule has 1 heterocycles. The fourth-order valence-corrected chi connectivity index (χ4v) is 2.10. The minimum Gasteiger partial charge on any atom is -0.144 e. The lowest BCUT2D eigenvalue weighted by atomic mass is 10.1. The van der Waals surface area contributed by atoms with Crippen molar-refractivity contribution in [1.29, 1.82) is 0 Å². The van der Waals surface area contributed by atoms with E-state index in [1.165, 1.54) is 16.0 Å². The maximum Gasteiger partial charge on any atom is 0.0348 e. The summed E-state index contributed by atoms with van der Waals surface area (Å²) in [7, 11) is 0. The number of benzene rings is 1. The van der Waals surface area contributed by atoms with E-state index in [-0.39, 0.29) is 0 Å². The van der Waals surface area contributed by atoms with Gasteiger partial charge in [0.2, 0.25) is 0 Å². The first-order valence-electron chi connectivity index (χ1n) is 4.17. The van der Waals surface area contributed by atoms with Crippen LogP contribution >= 0.6 is 11.3 Å². The molecule has 13 heavy (non-hydrogen) atoms. The highest BCUT2D eigenvalue weighted by Gasteiger charge is 2.01. The second kappa shape index (κ2) is 3.58. The van der Waals surface area contributed by atoms with Crippen LogP contribution in [0, 0.1) is 0 Å². The molecule has 2 rings (SSSR count). The standard InChI is InChI=1S/C12H10S/c1-2-10-6-3-4-7-11(10)12-8-5-9-13-12/h2-9H,1H2. The van der Waals surface area contributed by atoms with Gasteiger partial charge in [0.25, 0.3) is 0 Å². The average molecular weight is 186 g/mol. The van der Waals surface area contributed by atoms with E-state index in [4.69, 9.17) is 0 Å². The van der Waals surface area contributed by atoms with E-state index in [2.05, 4.69) is 42.3 Å². The van der Waals surface area contributed by atoms with Gasteiger partial charge in [0.15, 0.2) is 0 Å². The van der Waals surface area contributed by atoms with Gasteiger partial charge >= 0.3 is 0 Å². The molecule has 0 aliphatic rings. The summed E-state index contributed by atoms with van der Waals surface area (Å²) in [6.45, 7) is 3.81. The molecule has 1 aromatic carbocycles. The van der Waals surface area contributed by atoms with Gasteiger partial charge in [0.1, 0.15) is 0 Å². The quantitative estimate of drug-likeness (QED) is 0.663. The Balaban J connectivity index is 2.57. The van der Waals surface area contributed by atoms with Crippen LogP contribution in [0.1, 0.15) is 5.56 Å². The van der Waals surface area contributed by atoms with E-state index in [0.717, 1.165) is 0 Å². The molecular formula is C12H10S. The Labute approximate surface area is 82.2 Å². The molecule has 0 amide bonds. The van der Waals surface area contributed by atoms with Gasteiger partial charge in [-0.15, -0.1) is 11.3 Å². The molecule has 0 spiro atoms. The lowest BCUT2D eigenvalue weighted by Gasteiger charge is -2.01. The zero-order valence-corrected chi connectivity index (χ0v) is 8.05. The maximum atomic E-state index is 3.81. The average Bonchev–Trinajstić information content (AvgIpc) is 2.70. The Morgan fingerprint density at radius 3 is 2.62 bits per heavy atom. The first-order valence-corrected chi connectivity index (χ1v) is 5.05. The molecule has 1 aromatic heterocycles. The van der Waals surface area contributed by atoms with Crippen molar-refractivity contribution in [2.45, 2.75) is 0 Å². The van der Waals surface area contributed by atoms with Crippen LogP contribution in [0.2, 0.25) is 0 Å². The van der Waals surface area contributed by atoms with Gasteiger partial charge in [-0.25, -0.2) is 0 Å². The second-order valence-corrected chi connectivity index (χ2v) is 3.72. The first-order chi connectivity index (χ1) is 6.42. The van der Waals surface area contributed by atoms with E-state index in [9.17, 15) is 0 Å². The van der Waals surface area contributed by atoms with Gasteiger partial charge in [-0.05, 0) is 22.6 Å². The summed E-state index contributed by atoms with van der Waals surface area (Å²) in [5.41, 5.74) is 2.47. The molecule has 0 aliphatic carbocycles. The Bertz CT molecular complexity index is 399. The lowest BCUT2D eigenvalue weighted by Crippen LogP contribution is -1.77. The van der Waals surface area contributed by atoms with Crippen LogP contribution in [0.3, 0.4) is 0 Å². The third-order valence-electron chi connectivity index (χ3n) is 1.97. The largest absolute Gasteiger partial charge is 0.144 e. The summed E-state index contributed by atoms with van der Waals surface area (Å²) in [5, 5.41) is 2.09. The smallest absolute Gasteiger partial charge is 0.0348 e. The number of hydrogen-bond donors (Lipinski definition) is 0. The molecule has 1 heteroatoms. The van der Waals surface area contributed by atoms with Crippen molar-refractivity contribution in [2.75, 3.05) is 0 Å². The van der Waals surface area contributed by atoms with E-state index >= 15 is 0 Å².